The van der Waals surface area contributed by atoms with Gasteiger partial charge in [0.15, 0.2) is 5.43 Å². The van der Waals surface area contributed by atoms with Crippen LogP contribution in [0.4, 0.5) is 0 Å². The third kappa shape index (κ3) is 2.82. The number of hydrogen-bond donors (Lipinski definition) is 2. The van der Waals surface area contributed by atoms with Gasteiger partial charge < -0.3 is 9.88 Å². The van der Waals surface area contributed by atoms with E-state index in [0.29, 0.717) is 0 Å². The molecule has 22 heavy (non-hydrogen) atoms. The number of fused-ring (bicyclic) bond motifs is 1. The molecule has 2 aromatic rings. The van der Waals surface area contributed by atoms with Crippen molar-refractivity contribution < 1.29 is 4.90 Å². The molecule has 3 nitrogen and oxygen atoms in total. The Morgan fingerprint density at radius 2 is 2.05 bits per heavy atom. The van der Waals surface area contributed by atoms with Crippen molar-refractivity contribution in [3.8, 4) is 0 Å². The molecule has 1 aliphatic rings. The first-order valence-electron chi connectivity index (χ1n) is 8.42. The summed E-state index contributed by atoms with van der Waals surface area (Å²) in [6, 6.07) is 4.18. The maximum absolute atomic E-state index is 13.0. The number of nitrogens with one attached hydrogen (secondary N) is 2. The summed E-state index contributed by atoms with van der Waals surface area (Å²) in [6.07, 6.45) is 2.61. The summed E-state index contributed by atoms with van der Waals surface area (Å²) in [5.41, 5.74) is 5.50. The van der Waals surface area contributed by atoms with Crippen LogP contribution in [0.25, 0.3) is 10.9 Å². The number of aryl methyl sites for hydroxylation is 3. The second-order valence-electron chi connectivity index (χ2n) is 7.19. The highest BCUT2D eigenvalue weighted by atomic mass is 16.1. The maximum Gasteiger partial charge on any atom is 0.198 e. The van der Waals surface area contributed by atoms with E-state index >= 15 is 0 Å². The van der Waals surface area contributed by atoms with Crippen molar-refractivity contribution in [1.29, 1.82) is 0 Å². The third-order valence-electron chi connectivity index (χ3n) is 5.05. The van der Waals surface area contributed by atoms with Gasteiger partial charge in [-0.25, -0.2) is 0 Å². The number of likely N-dealkylation sites (tertiary alicyclic amines) is 1. The highest BCUT2D eigenvalue weighted by molar-refractivity contribution is 5.83. The summed E-state index contributed by atoms with van der Waals surface area (Å²) < 4.78 is 0. The quantitative estimate of drug-likeness (QED) is 0.877. The summed E-state index contributed by atoms with van der Waals surface area (Å²) in [7, 11) is 0. The van der Waals surface area contributed by atoms with Gasteiger partial charge in [0.25, 0.3) is 0 Å². The van der Waals surface area contributed by atoms with Crippen LogP contribution in [0, 0.1) is 26.7 Å². The van der Waals surface area contributed by atoms with E-state index in [4.69, 9.17) is 0 Å². The normalized spacial score (nSPS) is 22.2. The zero-order valence-electron chi connectivity index (χ0n) is 14.2. The van der Waals surface area contributed by atoms with Gasteiger partial charge in [0.05, 0.1) is 24.2 Å². The average molecular weight is 299 g/mol. The standard InChI is InChI=1S/C19H26N2O/c1-12-6-5-7-21(10-12)11-16-15(4)20-17-9-13(2)8-14(3)18(17)19(16)22/h8-9,12H,5-7,10-11H2,1-4H3,(H,20,22)/p+1/t12-/m0/s1. The van der Waals surface area contributed by atoms with Crippen molar-refractivity contribution in [3.05, 3.63) is 44.7 Å². The Morgan fingerprint density at radius 3 is 2.77 bits per heavy atom. The van der Waals surface area contributed by atoms with Crippen molar-refractivity contribution in [3.63, 3.8) is 0 Å². The van der Waals surface area contributed by atoms with E-state index in [1.165, 1.54) is 31.5 Å². The fourth-order valence-corrected chi connectivity index (χ4v) is 3.99. The molecule has 1 aromatic heterocycles. The monoisotopic (exact) mass is 299 g/mol. The van der Waals surface area contributed by atoms with Crippen LogP contribution in [0.2, 0.25) is 0 Å². The largest absolute Gasteiger partial charge is 0.358 e. The second kappa shape index (κ2) is 5.88. The lowest BCUT2D eigenvalue weighted by molar-refractivity contribution is -0.922. The average Bonchev–Trinajstić information content (AvgIpc) is 2.42. The first kappa shape index (κ1) is 15.3. The molecule has 118 valence electrons. The minimum atomic E-state index is 0.231. The molecule has 1 unspecified atom stereocenters. The zero-order chi connectivity index (χ0) is 15.9. The first-order valence-corrected chi connectivity index (χ1v) is 8.42. The molecule has 0 bridgehead atoms. The van der Waals surface area contributed by atoms with Gasteiger partial charge in [-0.05, 0) is 50.8 Å². The Bertz CT molecular complexity index is 760. The Morgan fingerprint density at radius 1 is 1.27 bits per heavy atom. The van der Waals surface area contributed by atoms with Crippen LogP contribution in [-0.4, -0.2) is 18.1 Å². The van der Waals surface area contributed by atoms with Crippen LogP contribution in [0.3, 0.4) is 0 Å². The Balaban J connectivity index is 2.04. The van der Waals surface area contributed by atoms with Crippen LogP contribution in [-0.2, 0) is 6.54 Å². The van der Waals surface area contributed by atoms with Crippen molar-refractivity contribution in [2.75, 3.05) is 13.1 Å². The SMILES string of the molecule is Cc1cc(C)c2c(=O)c(C[NH+]3CCC[C@H](C)C3)c(C)[nH]c2c1. The minimum absolute atomic E-state index is 0.231. The van der Waals surface area contributed by atoms with Gasteiger partial charge in [0, 0.05) is 17.0 Å². The van der Waals surface area contributed by atoms with E-state index in [-0.39, 0.29) is 5.43 Å². The van der Waals surface area contributed by atoms with Gasteiger partial charge in [0.1, 0.15) is 6.54 Å². The number of rotatable bonds is 2. The molecule has 2 atom stereocenters. The molecule has 3 rings (SSSR count). The van der Waals surface area contributed by atoms with Crippen LogP contribution < -0.4 is 10.3 Å². The number of quaternary nitrogens is 1. The predicted octanol–water partition coefficient (Wildman–Crippen LogP) is 2.27. The molecule has 0 aliphatic carbocycles. The topological polar surface area (TPSA) is 37.3 Å². The lowest BCUT2D eigenvalue weighted by Crippen LogP contribution is -3.12. The van der Waals surface area contributed by atoms with E-state index in [0.717, 1.165) is 40.2 Å². The lowest BCUT2D eigenvalue weighted by atomic mass is 9.98. The van der Waals surface area contributed by atoms with E-state index in [2.05, 4.69) is 31.0 Å². The third-order valence-corrected chi connectivity index (χ3v) is 5.05. The van der Waals surface area contributed by atoms with E-state index in [1.54, 1.807) is 4.90 Å². The van der Waals surface area contributed by atoms with E-state index in [1.807, 2.05) is 13.8 Å². The molecule has 0 radical (unpaired) electrons. The van der Waals surface area contributed by atoms with Gasteiger partial charge in [-0.1, -0.05) is 13.0 Å². The van der Waals surface area contributed by atoms with Gasteiger partial charge >= 0.3 is 0 Å². The summed E-state index contributed by atoms with van der Waals surface area (Å²) >= 11 is 0. The molecule has 1 aliphatic heterocycles. The summed E-state index contributed by atoms with van der Waals surface area (Å²) in [6.45, 7) is 11.7. The molecule has 0 amide bonds. The van der Waals surface area contributed by atoms with Crippen LogP contribution in [0.5, 0.6) is 0 Å². The zero-order valence-corrected chi connectivity index (χ0v) is 14.2. The Hall–Kier alpha value is -1.61. The molecule has 0 saturated carbocycles. The molecule has 1 aromatic carbocycles. The number of pyridine rings is 1. The van der Waals surface area contributed by atoms with E-state index < -0.39 is 0 Å². The fraction of sp³-hybridized carbons (Fsp3) is 0.526. The van der Waals surface area contributed by atoms with Gasteiger partial charge in [-0.3, -0.25) is 4.79 Å². The van der Waals surface area contributed by atoms with Gasteiger partial charge in [-0.15, -0.1) is 0 Å². The highest BCUT2D eigenvalue weighted by Gasteiger charge is 2.22. The summed E-state index contributed by atoms with van der Waals surface area (Å²) in [5.74, 6) is 0.771. The number of aromatic nitrogens is 1. The van der Waals surface area contributed by atoms with Gasteiger partial charge in [-0.2, -0.15) is 0 Å². The molecule has 3 heteroatoms. The van der Waals surface area contributed by atoms with E-state index in [9.17, 15) is 4.79 Å². The maximum atomic E-state index is 13.0. The van der Waals surface area contributed by atoms with Crippen LogP contribution in [0.1, 0.15) is 42.1 Å². The summed E-state index contributed by atoms with van der Waals surface area (Å²) in [5, 5.41) is 0.871. The smallest absolute Gasteiger partial charge is 0.198 e. The van der Waals surface area contributed by atoms with Crippen LogP contribution in [0.15, 0.2) is 16.9 Å². The van der Waals surface area contributed by atoms with Crippen molar-refractivity contribution in [1.82, 2.24) is 4.98 Å². The number of aromatic amines is 1. The summed E-state index contributed by atoms with van der Waals surface area (Å²) in [4.78, 5) is 18.0. The molecule has 2 heterocycles. The molecule has 1 fully saturated rings. The Kier molecular flexibility index (Phi) is 4.09. The predicted molar refractivity (Wildman–Crippen MR) is 91.6 cm³/mol. The molecule has 2 N–H and O–H groups in total. The molecule has 1 saturated heterocycles. The van der Waals surface area contributed by atoms with Crippen molar-refractivity contribution in [2.24, 2.45) is 5.92 Å². The number of benzene rings is 1. The first-order chi connectivity index (χ1) is 10.5. The number of hydrogen-bond acceptors (Lipinski definition) is 1. The van der Waals surface area contributed by atoms with Crippen LogP contribution >= 0.6 is 0 Å². The highest BCUT2D eigenvalue weighted by Crippen LogP contribution is 2.17. The van der Waals surface area contributed by atoms with Crippen molar-refractivity contribution in [2.45, 2.75) is 47.1 Å². The minimum Gasteiger partial charge on any atom is -0.358 e. The number of H-pyrrole nitrogens is 1. The molecular weight excluding hydrogens is 272 g/mol. The second-order valence-corrected chi connectivity index (χ2v) is 7.19. The van der Waals surface area contributed by atoms with Gasteiger partial charge in [0.2, 0.25) is 0 Å². The lowest BCUT2D eigenvalue weighted by Gasteiger charge is -2.28. The molecule has 0 spiro atoms. The molecular formula is C19H27N2O+. The number of piperidine rings is 1. The fourth-order valence-electron chi connectivity index (χ4n) is 3.99. The Labute approximate surface area is 132 Å². The van der Waals surface area contributed by atoms with Crippen molar-refractivity contribution >= 4 is 10.9 Å².